The summed E-state index contributed by atoms with van der Waals surface area (Å²) >= 11 is 0. The summed E-state index contributed by atoms with van der Waals surface area (Å²) in [4.78, 5) is 15.0. The molecule has 0 spiro atoms. The predicted octanol–water partition coefficient (Wildman–Crippen LogP) is 3.89. The van der Waals surface area contributed by atoms with Gasteiger partial charge in [-0.05, 0) is 63.1 Å². The number of carbonyl (C=O) groups excluding carboxylic acids is 1. The SMILES string of the molecule is CC(C)Oc1ccc(C(=O)N(Cc2ccco2)C2CCOCC2)cc1. The quantitative estimate of drug-likeness (QED) is 0.798. The maximum absolute atomic E-state index is 13.1. The molecular formula is C20H25NO4. The van der Waals surface area contributed by atoms with Crippen LogP contribution in [-0.4, -0.2) is 36.2 Å². The highest BCUT2D eigenvalue weighted by Gasteiger charge is 2.27. The number of rotatable bonds is 6. The lowest BCUT2D eigenvalue weighted by Gasteiger charge is -2.34. The Labute approximate surface area is 148 Å². The van der Waals surface area contributed by atoms with Crippen molar-refractivity contribution in [3.05, 3.63) is 54.0 Å². The third kappa shape index (κ3) is 4.63. The third-order valence-corrected chi connectivity index (χ3v) is 4.27. The molecule has 1 fully saturated rings. The van der Waals surface area contributed by atoms with Gasteiger partial charge in [0.15, 0.2) is 0 Å². The van der Waals surface area contributed by atoms with E-state index in [1.807, 2.05) is 55.1 Å². The average Bonchev–Trinajstić information content (AvgIpc) is 3.13. The Morgan fingerprint density at radius 3 is 2.52 bits per heavy atom. The molecule has 0 atom stereocenters. The summed E-state index contributed by atoms with van der Waals surface area (Å²) in [5.41, 5.74) is 0.661. The van der Waals surface area contributed by atoms with Gasteiger partial charge < -0.3 is 18.8 Å². The molecule has 0 N–H and O–H groups in total. The molecule has 3 rings (SSSR count). The van der Waals surface area contributed by atoms with Gasteiger partial charge in [0.2, 0.25) is 0 Å². The minimum absolute atomic E-state index is 0.0133. The summed E-state index contributed by atoms with van der Waals surface area (Å²) in [7, 11) is 0. The first-order valence-electron chi connectivity index (χ1n) is 8.81. The fourth-order valence-electron chi connectivity index (χ4n) is 3.05. The van der Waals surface area contributed by atoms with Gasteiger partial charge in [-0.1, -0.05) is 0 Å². The Kier molecular flexibility index (Phi) is 5.76. The molecule has 0 unspecified atom stereocenters. The van der Waals surface area contributed by atoms with Gasteiger partial charge in [0, 0.05) is 24.8 Å². The van der Waals surface area contributed by atoms with Crippen molar-refractivity contribution in [3.8, 4) is 5.75 Å². The minimum Gasteiger partial charge on any atom is -0.491 e. The lowest BCUT2D eigenvalue weighted by molar-refractivity contribution is 0.0250. The molecule has 134 valence electrons. The zero-order chi connectivity index (χ0) is 17.6. The van der Waals surface area contributed by atoms with Gasteiger partial charge in [0.1, 0.15) is 11.5 Å². The first-order valence-corrected chi connectivity index (χ1v) is 8.81. The van der Waals surface area contributed by atoms with Crippen LogP contribution in [0.15, 0.2) is 47.1 Å². The van der Waals surface area contributed by atoms with Crippen LogP contribution in [0.2, 0.25) is 0 Å². The van der Waals surface area contributed by atoms with Crippen molar-refractivity contribution >= 4 is 5.91 Å². The summed E-state index contributed by atoms with van der Waals surface area (Å²) in [5.74, 6) is 1.58. The number of carbonyl (C=O) groups is 1. The van der Waals surface area contributed by atoms with Gasteiger partial charge in [-0.25, -0.2) is 0 Å². The second kappa shape index (κ2) is 8.21. The van der Waals surface area contributed by atoms with Crippen molar-refractivity contribution < 1.29 is 18.7 Å². The summed E-state index contributed by atoms with van der Waals surface area (Å²) < 4.78 is 16.6. The van der Waals surface area contributed by atoms with Crippen LogP contribution in [-0.2, 0) is 11.3 Å². The van der Waals surface area contributed by atoms with Crippen molar-refractivity contribution in [2.45, 2.75) is 45.4 Å². The lowest BCUT2D eigenvalue weighted by Crippen LogP contribution is -2.42. The monoisotopic (exact) mass is 343 g/mol. The van der Waals surface area contributed by atoms with E-state index in [1.165, 1.54) is 0 Å². The van der Waals surface area contributed by atoms with E-state index in [4.69, 9.17) is 13.9 Å². The maximum atomic E-state index is 13.1. The Morgan fingerprint density at radius 2 is 1.92 bits per heavy atom. The number of hydrogen-bond acceptors (Lipinski definition) is 4. The third-order valence-electron chi connectivity index (χ3n) is 4.27. The van der Waals surface area contributed by atoms with E-state index >= 15 is 0 Å². The first-order chi connectivity index (χ1) is 12.1. The van der Waals surface area contributed by atoms with E-state index in [2.05, 4.69) is 0 Å². The number of amides is 1. The molecule has 1 aliphatic heterocycles. The second-order valence-electron chi connectivity index (χ2n) is 6.55. The predicted molar refractivity (Wildman–Crippen MR) is 94.6 cm³/mol. The molecule has 0 aliphatic carbocycles. The number of hydrogen-bond donors (Lipinski definition) is 0. The van der Waals surface area contributed by atoms with E-state index in [-0.39, 0.29) is 18.1 Å². The van der Waals surface area contributed by atoms with Crippen LogP contribution in [0.1, 0.15) is 42.8 Å². The van der Waals surface area contributed by atoms with E-state index < -0.39 is 0 Å². The van der Waals surface area contributed by atoms with Crippen molar-refractivity contribution in [2.75, 3.05) is 13.2 Å². The fourth-order valence-corrected chi connectivity index (χ4v) is 3.05. The van der Waals surface area contributed by atoms with Crippen LogP contribution in [0, 0.1) is 0 Å². The van der Waals surface area contributed by atoms with Crippen LogP contribution >= 0.6 is 0 Å². The molecule has 1 aromatic carbocycles. The minimum atomic E-state index is 0.0133. The molecule has 1 aliphatic rings. The Balaban J connectivity index is 1.77. The molecular weight excluding hydrogens is 318 g/mol. The standard InChI is InChI=1S/C20H25NO4/c1-15(2)25-18-7-5-16(6-8-18)20(22)21(14-19-4-3-11-24-19)17-9-12-23-13-10-17/h3-8,11,15,17H,9-10,12-14H2,1-2H3. The van der Waals surface area contributed by atoms with E-state index in [0.29, 0.717) is 25.3 Å². The molecule has 2 heterocycles. The molecule has 5 nitrogen and oxygen atoms in total. The van der Waals surface area contributed by atoms with Crippen LogP contribution in [0.25, 0.3) is 0 Å². The highest BCUT2D eigenvalue weighted by Crippen LogP contribution is 2.22. The van der Waals surface area contributed by atoms with Crippen LogP contribution in [0.4, 0.5) is 0 Å². The highest BCUT2D eigenvalue weighted by molar-refractivity contribution is 5.94. The van der Waals surface area contributed by atoms with E-state index in [9.17, 15) is 4.79 Å². The van der Waals surface area contributed by atoms with Crippen molar-refractivity contribution in [1.29, 1.82) is 0 Å². The van der Waals surface area contributed by atoms with Crippen molar-refractivity contribution in [1.82, 2.24) is 4.90 Å². The van der Waals surface area contributed by atoms with Crippen molar-refractivity contribution in [3.63, 3.8) is 0 Å². The molecule has 0 bridgehead atoms. The Hall–Kier alpha value is -2.27. The average molecular weight is 343 g/mol. The molecule has 1 aromatic heterocycles. The van der Waals surface area contributed by atoms with Crippen LogP contribution in [0.3, 0.4) is 0 Å². The zero-order valence-electron chi connectivity index (χ0n) is 14.8. The number of nitrogens with zero attached hydrogens (tertiary/aromatic N) is 1. The van der Waals surface area contributed by atoms with Gasteiger partial charge in [-0.3, -0.25) is 4.79 Å². The van der Waals surface area contributed by atoms with Crippen LogP contribution < -0.4 is 4.74 Å². The van der Waals surface area contributed by atoms with Crippen molar-refractivity contribution in [2.24, 2.45) is 0 Å². The topological polar surface area (TPSA) is 51.9 Å². The van der Waals surface area contributed by atoms with E-state index in [1.54, 1.807) is 6.26 Å². The zero-order valence-corrected chi connectivity index (χ0v) is 14.8. The normalized spacial score (nSPS) is 15.3. The summed E-state index contributed by atoms with van der Waals surface area (Å²) in [6, 6.07) is 11.3. The van der Waals surface area contributed by atoms with Gasteiger partial charge in [-0.15, -0.1) is 0 Å². The highest BCUT2D eigenvalue weighted by atomic mass is 16.5. The molecule has 1 saturated heterocycles. The largest absolute Gasteiger partial charge is 0.491 e. The molecule has 2 aromatic rings. The van der Waals surface area contributed by atoms with Gasteiger partial charge in [0.05, 0.1) is 18.9 Å². The maximum Gasteiger partial charge on any atom is 0.254 e. The summed E-state index contributed by atoms with van der Waals surface area (Å²) in [6.07, 6.45) is 3.45. The smallest absolute Gasteiger partial charge is 0.254 e. The van der Waals surface area contributed by atoms with Gasteiger partial charge in [0.25, 0.3) is 5.91 Å². The Morgan fingerprint density at radius 1 is 1.20 bits per heavy atom. The summed E-state index contributed by atoms with van der Waals surface area (Å²) in [5, 5.41) is 0. The lowest BCUT2D eigenvalue weighted by atomic mass is 10.0. The molecule has 0 radical (unpaired) electrons. The van der Waals surface area contributed by atoms with Gasteiger partial charge in [-0.2, -0.15) is 0 Å². The second-order valence-corrected chi connectivity index (χ2v) is 6.55. The first kappa shape index (κ1) is 17.5. The Bertz CT molecular complexity index is 658. The van der Waals surface area contributed by atoms with E-state index in [0.717, 1.165) is 24.4 Å². The molecule has 0 saturated carbocycles. The van der Waals surface area contributed by atoms with Crippen LogP contribution in [0.5, 0.6) is 5.75 Å². The number of benzene rings is 1. The van der Waals surface area contributed by atoms with Gasteiger partial charge >= 0.3 is 0 Å². The number of ether oxygens (including phenoxy) is 2. The number of furan rings is 1. The fraction of sp³-hybridized carbons (Fsp3) is 0.450. The molecule has 1 amide bonds. The molecule has 25 heavy (non-hydrogen) atoms. The summed E-state index contributed by atoms with van der Waals surface area (Å²) in [6.45, 7) is 5.81. The molecule has 5 heteroatoms.